The quantitative estimate of drug-likeness (QED) is 0.699. The highest BCUT2D eigenvalue weighted by atomic mass is 35.5. The molecule has 0 saturated heterocycles. The summed E-state index contributed by atoms with van der Waals surface area (Å²) < 4.78 is 29.7. The monoisotopic (exact) mass is 406 g/mol. The van der Waals surface area contributed by atoms with E-state index in [9.17, 15) is 13.6 Å². The average molecular weight is 407 g/mol. The Morgan fingerprint density at radius 1 is 1.30 bits per heavy atom. The predicted molar refractivity (Wildman–Crippen MR) is 101 cm³/mol. The van der Waals surface area contributed by atoms with E-state index in [-0.39, 0.29) is 22.9 Å². The van der Waals surface area contributed by atoms with E-state index in [0.29, 0.717) is 12.8 Å². The second-order valence-corrected chi connectivity index (χ2v) is 8.19. The van der Waals surface area contributed by atoms with Crippen LogP contribution in [-0.4, -0.2) is 28.0 Å². The fourth-order valence-corrected chi connectivity index (χ4v) is 4.68. The molecule has 9 heteroatoms. The molecule has 1 saturated carbocycles. The van der Waals surface area contributed by atoms with Crippen molar-refractivity contribution in [3.8, 4) is 0 Å². The molecule has 1 amide bonds. The molecule has 1 N–H and O–H groups in total. The zero-order valence-corrected chi connectivity index (χ0v) is 15.4. The molecule has 1 aliphatic carbocycles. The second kappa shape index (κ2) is 5.84. The topological polar surface area (TPSA) is 58.1 Å². The SMILES string of the molecule is O=C1N(C2CC(Nc3nc4ccccc4s3)C2)c2ncc(Cl)cc2C1(F)F. The minimum Gasteiger partial charge on any atom is -0.359 e. The lowest BCUT2D eigenvalue weighted by Gasteiger charge is -2.41. The Labute approximate surface area is 162 Å². The Morgan fingerprint density at radius 2 is 2.07 bits per heavy atom. The highest BCUT2D eigenvalue weighted by Crippen LogP contribution is 2.47. The summed E-state index contributed by atoms with van der Waals surface area (Å²) in [6.45, 7) is 0. The van der Waals surface area contributed by atoms with Crippen molar-refractivity contribution in [2.45, 2.75) is 30.8 Å². The molecule has 0 unspecified atom stereocenters. The molecule has 2 aromatic heterocycles. The van der Waals surface area contributed by atoms with Gasteiger partial charge in [-0.15, -0.1) is 0 Å². The molecule has 1 aromatic carbocycles. The van der Waals surface area contributed by atoms with Crippen LogP contribution in [0.1, 0.15) is 18.4 Å². The molecule has 5 nitrogen and oxygen atoms in total. The van der Waals surface area contributed by atoms with Crippen LogP contribution in [0.3, 0.4) is 0 Å². The smallest absolute Gasteiger partial charge is 0.353 e. The number of para-hydroxylation sites is 1. The number of amides is 1. The molecule has 0 bridgehead atoms. The number of nitrogens with one attached hydrogen (secondary N) is 1. The highest BCUT2D eigenvalue weighted by molar-refractivity contribution is 7.22. The van der Waals surface area contributed by atoms with Gasteiger partial charge in [0.15, 0.2) is 5.13 Å². The number of nitrogens with zero attached hydrogens (tertiary/aromatic N) is 3. The Hall–Kier alpha value is -2.32. The summed E-state index contributed by atoms with van der Waals surface area (Å²) in [4.78, 5) is 21.9. The van der Waals surface area contributed by atoms with Crippen molar-refractivity contribution in [3.63, 3.8) is 0 Å². The molecule has 27 heavy (non-hydrogen) atoms. The number of fused-ring (bicyclic) bond motifs is 2. The molecule has 3 heterocycles. The summed E-state index contributed by atoms with van der Waals surface area (Å²) >= 11 is 7.33. The third-order valence-electron chi connectivity index (χ3n) is 4.99. The first-order valence-electron chi connectivity index (χ1n) is 8.43. The van der Waals surface area contributed by atoms with Crippen molar-refractivity contribution >= 4 is 50.0 Å². The summed E-state index contributed by atoms with van der Waals surface area (Å²) in [6, 6.07) is 8.72. The number of rotatable bonds is 3. The predicted octanol–water partition coefficient (Wildman–Crippen LogP) is 4.43. The van der Waals surface area contributed by atoms with Gasteiger partial charge >= 0.3 is 11.8 Å². The second-order valence-electron chi connectivity index (χ2n) is 6.73. The van der Waals surface area contributed by atoms with Crippen LogP contribution in [-0.2, 0) is 10.7 Å². The first-order valence-corrected chi connectivity index (χ1v) is 9.62. The largest absolute Gasteiger partial charge is 0.359 e. The van der Waals surface area contributed by atoms with E-state index < -0.39 is 17.4 Å². The molecule has 0 atom stereocenters. The van der Waals surface area contributed by atoms with E-state index in [1.54, 1.807) is 11.3 Å². The molecule has 0 spiro atoms. The molecule has 0 radical (unpaired) electrons. The van der Waals surface area contributed by atoms with Gasteiger partial charge in [-0.25, -0.2) is 9.97 Å². The summed E-state index contributed by atoms with van der Waals surface area (Å²) in [7, 11) is 0. The summed E-state index contributed by atoms with van der Waals surface area (Å²) in [6.07, 6.45) is 2.40. The molecule has 1 fully saturated rings. The first kappa shape index (κ1) is 16.8. The third-order valence-corrected chi connectivity index (χ3v) is 6.16. The number of anilines is 2. The standard InChI is InChI=1S/C18H13ClF2N4OS/c19-9-5-12-15(22-8-9)25(16(26)18(12,20)21)11-6-10(7-11)23-17-24-13-3-1-2-4-14(13)27-17/h1-5,8,10-11H,6-7H2,(H,23,24). The maximum absolute atomic E-state index is 14.3. The number of carbonyl (C=O) groups excluding carboxylic acids is 1. The van der Waals surface area contributed by atoms with Gasteiger partial charge in [0.05, 0.1) is 20.8 Å². The van der Waals surface area contributed by atoms with E-state index in [1.807, 2.05) is 24.3 Å². The summed E-state index contributed by atoms with van der Waals surface area (Å²) in [5, 5.41) is 4.21. The van der Waals surface area contributed by atoms with Crippen molar-refractivity contribution in [2.24, 2.45) is 0 Å². The minimum atomic E-state index is -3.58. The van der Waals surface area contributed by atoms with E-state index in [1.165, 1.54) is 6.20 Å². The number of alkyl halides is 2. The molecule has 138 valence electrons. The van der Waals surface area contributed by atoms with Gasteiger partial charge in [0.2, 0.25) is 0 Å². The summed E-state index contributed by atoms with van der Waals surface area (Å²) in [5.41, 5.74) is 0.507. The fourth-order valence-electron chi connectivity index (χ4n) is 3.58. The van der Waals surface area contributed by atoms with E-state index in [4.69, 9.17) is 11.6 Å². The minimum absolute atomic E-state index is 0.0119. The van der Waals surface area contributed by atoms with Crippen molar-refractivity contribution in [1.82, 2.24) is 9.97 Å². The first-order chi connectivity index (χ1) is 12.9. The number of hydrogen-bond acceptors (Lipinski definition) is 5. The molecule has 3 aromatic rings. The number of carbonyl (C=O) groups is 1. The maximum atomic E-state index is 14.3. The Bertz CT molecular complexity index is 1030. The lowest BCUT2D eigenvalue weighted by Crippen LogP contribution is -2.53. The fraction of sp³-hybridized carbons (Fsp3) is 0.278. The van der Waals surface area contributed by atoms with Crippen LogP contribution >= 0.6 is 22.9 Å². The molecule has 5 rings (SSSR count). The van der Waals surface area contributed by atoms with Crippen LogP contribution in [0.4, 0.5) is 19.7 Å². The molecule has 1 aliphatic heterocycles. The van der Waals surface area contributed by atoms with Crippen LogP contribution in [0.2, 0.25) is 5.02 Å². The van der Waals surface area contributed by atoms with Gasteiger partial charge in [0.1, 0.15) is 5.82 Å². The van der Waals surface area contributed by atoms with Crippen LogP contribution in [0.15, 0.2) is 36.5 Å². The summed E-state index contributed by atoms with van der Waals surface area (Å²) in [5.74, 6) is -4.80. The zero-order chi connectivity index (χ0) is 18.8. The Balaban J connectivity index is 1.33. The van der Waals surface area contributed by atoms with Gasteiger partial charge in [-0.1, -0.05) is 35.1 Å². The van der Waals surface area contributed by atoms with Crippen molar-refractivity contribution < 1.29 is 13.6 Å². The Morgan fingerprint density at radius 3 is 2.85 bits per heavy atom. The number of hydrogen-bond donors (Lipinski definition) is 1. The van der Waals surface area contributed by atoms with Crippen LogP contribution in [0.25, 0.3) is 10.2 Å². The number of thiazole rings is 1. The third kappa shape index (κ3) is 2.58. The molecule has 2 aliphatic rings. The lowest BCUT2D eigenvalue weighted by atomic mass is 9.85. The van der Waals surface area contributed by atoms with Gasteiger partial charge in [-0.2, -0.15) is 8.78 Å². The Kier molecular flexibility index (Phi) is 3.64. The normalized spacial score (nSPS) is 23.4. The van der Waals surface area contributed by atoms with E-state index >= 15 is 0 Å². The van der Waals surface area contributed by atoms with Crippen molar-refractivity contribution in [2.75, 3.05) is 10.2 Å². The van der Waals surface area contributed by atoms with E-state index in [2.05, 4.69) is 15.3 Å². The highest BCUT2D eigenvalue weighted by Gasteiger charge is 2.57. The van der Waals surface area contributed by atoms with Gasteiger partial charge < -0.3 is 5.32 Å². The van der Waals surface area contributed by atoms with Gasteiger partial charge in [0.25, 0.3) is 0 Å². The van der Waals surface area contributed by atoms with Crippen LogP contribution in [0.5, 0.6) is 0 Å². The van der Waals surface area contributed by atoms with Crippen LogP contribution < -0.4 is 10.2 Å². The maximum Gasteiger partial charge on any atom is 0.353 e. The van der Waals surface area contributed by atoms with Crippen LogP contribution in [0, 0.1) is 0 Å². The molecular formula is C18H13ClF2N4OS. The molecular weight excluding hydrogens is 394 g/mol. The van der Waals surface area contributed by atoms with Gasteiger partial charge in [0, 0.05) is 18.3 Å². The number of benzene rings is 1. The number of aromatic nitrogens is 2. The van der Waals surface area contributed by atoms with Crippen molar-refractivity contribution in [3.05, 3.63) is 47.1 Å². The van der Waals surface area contributed by atoms with Gasteiger partial charge in [-0.05, 0) is 31.0 Å². The number of pyridine rings is 1. The lowest BCUT2D eigenvalue weighted by molar-refractivity contribution is -0.142. The number of halogens is 3. The van der Waals surface area contributed by atoms with Gasteiger partial charge in [-0.3, -0.25) is 9.69 Å². The zero-order valence-electron chi connectivity index (χ0n) is 13.8. The van der Waals surface area contributed by atoms with Crippen molar-refractivity contribution in [1.29, 1.82) is 0 Å². The van der Waals surface area contributed by atoms with E-state index in [0.717, 1.165) is 26.3 Å². The average Bonchev–Trinajstić information content (AvgIpc) is 3.09.